The highest BCUT2D eigenvalue weighted by atomic mass is 35.5. The number of ether oxygens (including phenoxy) is 2. The first-order valence-corrected chi connectivity index (χ1v) is 18.8. The second kappa shape index (κ2) is 22.0. The van der Waals surface area contributed by atoms with E-state index < -0.39 is 35.2 Å². The summed E-state index contributed by atoms with van der Waals surface area (Å²) < 4.78 is 64.2. The second-order valence-electron chi connectivity index (χ2n) is 12.9. The van der Waals surface area contributed by atoms with Crippen LogP contribution in [0.15, 0.2) is 72.8 Å². The first-order chi connectivity index (χ1) is 26.9. The number of hydrogen-bond donors (Lipinski definition) is 2. The molecule has 0 aromatic heterocycles. The van der Waals surface area contributed by atoms with Gasteiger partial charge >= 0.3 is 18.0 Å². The molecule has 6 rings (SSSR count). The van der Waals surface area contributed by atoms with Crippen LogP contribution in [0, 0.1) is 23.3 Å². The van der Waals surface area contributed by atoms with Crippen molar-refractivity contribution in [2.24, 2.45) is 0 Å². The predicted molar refractivity (Wildman–Crippen MR) is 209 cm³/mol. The van der Waals surface area contributed by atoms with Crippen molar-refractivity contribution in [2.45, 2.75) is 51.6 Å². The third-order valence-electron chi connectivity index (χ3n) is 8.96. The standard InChI is InChI=1S/C21H21ClF2N2O3.C15H12ClF2NO2.C5H11N/c1-29-20(27)14-5-6-15(19(24)11-14)13-26(16-7-8-18(23)17(22)12-16)21(28)25-9-3-2-4-10-25;1-21-15(20)9-2-3-10(14(18)6-9)8-19-11-4-5-13(17)12(16)7-11;1-2-4-6-5-3-1/h5-8,11-12H,2-4,9-10,13H2,1H3;2-7,19H,8H2,1H3;6H,1-5H2. The van der Waals surface area contributed by atoms with E-state index in [0.29, 0.717) is 30.0 Å². The van der Waals surface area contributed by atoms with Crippen molar-refractivity contribution < 1.29 is 41.4 Å². The smallest absolute Gasteiger partial charge is 0.337 e. The number of esters is 2. The Morgan fingerprint density at radius 2 is 1.21 bits per heavy atom. The lowest BCUT2D eigenvalue weighted by atomic mass is 10.1. The maximum Gasteiger partial charge on any atom is 0.337 e. The van der Waals surface area contributed by atoms with E-state index in [1.165, 1.54) is 112 Å². The topological polar surface area (TPSA) is 100 Å². The molecule has 0 saturated carbocycles. The summed E-state index contributed by atoms with van der Waals surface area (Å²) in [6.45, 7) is 3.79. The summed E-state index contributed by atoms with van der Waals surface area (Å²) >= 11 is 11.6. The van der Waals surface area contributed by atoms with Crippen molar-refractivity contribution in [1.29, 1.82) is 0 Å². The zero-order valence-electron chi connectivity index (χ0n) is 31.1. The third kappa shape index (κ3) is 12.9. The molecule has 0 unspecified atom stereocenters. The number of urea groups is 1. The highest BCUT2D eigenvalue weighted by Crippen LogP contribution is 2.27. The Hall–Kier alpha value is -4.85. The number of likely N-dealkylation sites (tertiary alicyclic amines) is 1. The van der Waals surface area contributed by atoms with Gasteiger partial charge in [0.2, 0.25) is 0 Å². The van der Waals surface area contributed by atoms with Crippen LogP contribution in [-0.2, 0) is 22.6 Å². The van der Waals surface area contributed by atoms with Crippen molar-refractivity contribution in [3.8, 4) is 0 Å². The maximum atomic E-state index is 14.6. The Morgan fingerprint density at radius 1 is 0.679 bits per heavy atom. The lowest BCUT2D eigenvalue weighted by Crippen LogP contribution is -2.45. The SMILES string of the molecule is C1CCNCC1.COC(=O)c1ccc(CN(C(=O)N2CCCCC2)c2ccc(F)c(Cl)c2)c(F)c1.COC(=O)c1ccc(CNc2ccc(F)c(Cl)c2)c(F)c1. The number of anilines is 2. The van der Waals surface area contributed by atoms with Gasteiger partial charge < -0.3 is 25.0 Å². The summed E-state index contributed by atoms with van der Waals surface area (Å²) in [5, 5.41) is 6.07. The van der Waals surface area contributed by atoms with Gasteiger partial charge in [0.15, 0.2) is 0 Å². The van der Waals surface area contributed by atoms with Crippen LogP contribution in [0.25, 0.3) is 0 Å². The molecule has 4 aromatic carbocycles. The van der Waals surface area contributed by atoms with Gasteiger partial charge in [0.05, 0.1) is 41.9 Å². The van der Waals surface area contributed by atoms with E-state index in [1.54, 1.807) is 4.90 Å². The van der Waals surface area contributed by atoms with E-state index in [9.17, 15) is 31.9 Å². The van der Waals surface area contributed by atoms with Gasteiger partial charge in [-0.1, -0.05) is 41.8 Å². The summed E-state index contributed by atoms with van der Waals surface area (Å²) in [5.74, 6) is -3.54. The van der Waals surface area contributed by atoms with Crippen LogP contribution in [0.1, 0.15) is 70.4 Å². The molecule has 2 amide bonds. The summed E-state index contributed by atoms with van der Waals surface area (Å²) in [6, 6.07) is 15.8. The zero-order valence-corrected chi connectivity index (χ0v) is 32.6. The van der Waals surface area contributed by atoms with Crippen molar-refractivity contribution >= 4 is 52.5 Å². The molecule has 15 heteroatoms. The summed E-state index contributed by atoms with van der Waals surface area (Å²) in [6.07, 6.45) is 7.06. The highest BCUT2D eigenvalue weighted by molar-refractivity contribution is 6.31. The summed E-state index contributed by atoms with van der Waals surface area (Å²) in [7, 11) is 2.44. The Bertz CT molecular complexity index is 1950. The highest BCUT2D eigenvalue weighted by Gasteiger charge is 2.26. The van der Waals surface area contributed by atoms with Crippen molar-refractivity contribution in [2.75, 3.05) is 50.6 Å². The van der Waals surface area contributed by atoms with E-state index in [0.717, 1.165) is 31.4 Å². The average molecular weight is 820 g/mol. The van der Waals surface area contributed by atoms with Crippen LogP contribution in [0.5, 0.6) is 0 Å². The van der Waals surface area contributed by atoms with Gasteiger partial charge in [0.1, 0.15) is 23.3 Å². The van der Waals surface area contributed by atoms with Crippen molar-refractivity contribution in [3.05, 3.63) is 128 Å². The summed E-state index contributed by atoms with van der Waals surface area (Å²) in [4.78, 5) is 39.1. The molecule has 2 saturated heterocycles. The van der Waals surface area contributed by atoms with Gasteiger partial charge in [-0.15, -0.1) is 0 Å². The Balaban J connectivity index is 0.000000224. The molecular weight excluding hydrogens is 775 g/mol. The number of hydrogen-bond acceptors (Lipinski definition) is 7. The molecule has 300 valence electrons. The van der Waals surface area contributed by atoms with Crippen molar-refractivity contribution in [1.82, 2.24) is 10.2 Å². The monoisotopic (exact) mass is 818 g/mol. The lowest BCUT2D eigenvalue weighted by molar-refractivity contribution is 0.0591. The van der Waals surface area contributed by atoms with Crippen LogP contribution in [-0.4, -0.2) is 63.3 Å². The first kappa shape index (κ1) is 43.9. The summed E-state index contributed by atoms with van der Waals surface area (Å²) in [5.41, 5.74) is 1.73. The van der Waals surface area contributed by atoms with Crippen LogP contribution < -0.4 is 15.5 Å². The molecule has 0 atom stereocenters. The second-order valence-corrected chi connectivity index (χ2v) is 13.7. The van der Waals surface area contributed by atoms with Crippen molar-refractivity contribution in [3.63, 3.8) is 0 Å². The predicted octanol–water partition coefficient (Wildman–Crippen LogP) is 9.79. The number of amides is 2. The van der Waals surface area contributed by atoms with Gasteiger partial charge in [-0.2, -0.15) is 0 Å². The molecular formula is C41H44Cl2F4N4O5. The fraction of sp³-hybridized carbons (Fsp3) is 0.341. The number of benzene rings is 4. The molecule has 4 aromatic rings. The molecule has 9 nitrogen and oxygen atoms in total. The molecule has 2 fully saturated rings. The molecule has 2 aliphatic rings. The van der Waals surface area contributed by atoms with E-state index in [2.05, 4.69) is 20.1 Å². The normalized spacial score (nSPS) is 13.6. The number of halogens is 6. The molecule has 0 bridgehead atoms. The van der Waals surface area contributed by atoms with Gasteiger partial charge in [0, 0.05) is 42.1 Å². The lowest BCUT2D eigenvalue weighted by Gasteiger charge is -2.33. The minimum Gasteiger partial charge on any atom is -0.465 e. The number of carbonyl (C=O) groups is 3. The minimum atomic E-state index is -0.651. The third-order valence-corrected chi connectivity index (χ3v) is 9.54. The van der Waals surface area contributed by atoms with Crippen LogP contribution in [0.3, 0.4) is 0 Å². The van der Waals surface area contributed by atoms with Gasteiger partial charge in [-0.25, -0.2) is 31.9 Å². The molecule has 0 aliphatic carbocycles. The Kier molecular flexibility index (Phi) is 17.3. The number of piperidine rings is 2. The largest absolute Gasteiger partial charge is 0.465 e. The minimum absolute atomic E-state index is 0.0125. The zero-order chi connectivity index (χ0) is 40.6. The fourth-order valence-electron chi connectivity index (χ4n) is 5.81. The fourth-order valence-corrected chi connectivity index (χ4v) is 6.16. The molecule has 2 aliphatic heterocycles. The molecule has 2 N–H and O–H groups in total. The average Bonchev–Trinajstić information content (AvgIpc) is 3.22. The molecule has 0 spiro atoms. The van der Waals surface area contributed by atoms with Crippen LogP contribution in [0.4, 0.5) is 33.7 Å². The number of rotatable bonds is 8. The molecule has 0 radical (unpaired) electrons. The van der Waals surface area contributed by atoms with Crippen LogP contribution >= 0.6 is 23.2 Å². The Morgan fingerprint density at radius 3 is 1.70 bits per heavy atom. The number of carbonyl (C=O) groups excluding carboxylic acids is 3. The number of nitrogens with zero attached hydrogens (tertiary/aromatic N) is 2. The quantitative estimate of drug-likeness (QED) is 0.135. The van der Waals surface area contributed by atoms with E-state index >= 15 is 0 Å². The first-order valence-electron chi connectivity index (χ1n) is 18.1. The molecule has 56 heavy (non-hydrogen) atoms. The number of nitrogens with one attached hydrogen (secondary N) is 2. The molecule has 2 heterocycles. The van der Waals surface area contributed by atoms with Gasteiger partial charge in [-0.05, 0) is 106 Å². The van der Waals surface area contributed by atoms with Crippen LogP contribution in [0.2, 0.25) is 10.0 Å². The maximum absolute atomic E-state index is 14.6. The Labute approximate surface area is 333 Å². The number of methoxy groups -OCH3 is 2. The van der Waals surface area contributed by atoms with Gasteiger partial charge in [-0.3, -0.25) is 4.90 Å². The van der Waals surface area contributed by atoms with Gasteiger partial charge in [0.25, 0.3) is 0 Å². The van der Waals surface area contributed by atoms with E-state index in [-0.39, 0.29) is 45.9 Å². The van der Waals surface area contributed by atoms with E-state index in [1.807, 2.05) is 0 Å². The van der Waals surface area contributed by atoms with E-state index in [4.69, 9.17) is 23.2 Å².